The second-order valence-corrected chi connectivity index (χ2v) is 10.4. The SMILES string of the molecule is O=C(Nc1cc(Cl)cc(Cl)c1)N(Cc1ccc(C(O)Cc2nn[nH]n2)cc1)c1ccc(C2=CCCCC2)cc1. The minimum Gasteiger partial charge on any atom is -0.388 e. The van der Waals surface area contributed by atoms with Crippen molar-refractivity contribution < 1.29 is 9.90 Å². The van der Waals surface area contributed by atoms with Crippen molar-refractivity contribution in [3.63, 3.8) is 0 Å². The maximum Gasteiger partial charge on any atom is 0.326 e. The maximum absolute atomic E-state index is 13.5. The van der Waals surface area contributed by atoms with Crippen LogP contribution in [0.15, 0.2) is 72.8 Å². The van der Waals surface area contributed by atoms with Crippen LogP contribution in [0.3, 0.4) is 0 Å². The number of amides is 2. The van der Waals surface area contributed by atoms with E-state index in [1.807, 2.05) is 36.4 Å². The van der Waals surface area contributed by atoms with E-state index in [4.69, 9.17) is 23.2 Å². The molecule has 10 heteroatoms. The van der Waals surface area contributed by atoms with Gasteiger partial charge in [-0.05, 0) is 78.3 Å². The summed E-state index contributed by atoms with van der Waals surface area (Å²) in [5.74, 6) is 0.433. The highest BCUT2D eigenvalue weighted by molar-refractivity contribution is 6.35. The number of aliphatic hydroxyl groups is 1. The lowest BCUT2D eigenvalue weighted by molar-refractivity contribution is 0.176. The van der Waals surface area contributed by atoms with E-state index in [1.54, 1.807) is 23.1 Å². The Balaban J connectivity index is 1.37. The van der Waals surface area contributed by atoms with Gasteiger partial charge in [0.2, 0.25) is 0 Å². The summed E-state index contributed by atoms with van der Waals surface area (Å²) >= 11 is 12.3. The van der Waals surface area contributed by atoms with Crippen LogP contribution in [0, 0.1) is 0 Å². The van der Waals surface area contributed by atoms with Crippen LogP contribution in [0.25, 0.3) is 5.57 Å². The Hall–Kier alpha value is -3.72. The predicted molar refractivity (Wildman–Crippen MR) is 154 cm³/mol. The zero-order chi connectivity index (χ0) is 27.2. The lowest BCUT2D eigenvalue weighted by Gasteiger charge is -2.24. The molecule has 5 rings (SSSR count). The van der Waals surface area contributed by atoms with Gasteiger partial charge in [-0.15, -0.1) is 10.2 Å². The van der Waals surface area contributed by atoms with Crippen LogP contribution >= 0.6 is 23.2 Å². The number of allylic oxidation sites excluding steroid dienone is 2. The zero-order valence-electron chi connectivity index (χ0n) is 21.1. The summed E-state index contributed by atoms with van der Waals surface area (Å²) < 4.78 is 0. The van der Waals surface area contributed by atoms with Crippen LogP contribution in [0.4, 0.5) is 16.2 Å². The third kappa shape index (κ3) is 7.03. The van der Waals surface area contributed by atoms with Gasteiger partial charge in [-0.25, -0.2) is 4.79 Å². The smallest absolute Gasteiger partial charge is 0.326 e. The van der Waals surface area contributed by atoms with Gasteiger partial charge in [-0.3, -0.25) is 4.90 Å². The molecule has 0 bridgehead atoms. The molecule has 1 heterocycles. The van der Waals surface area contributed by atoms with Crippen molar-refractivity contribution in [1.82, 2.24) is 20.6 Å². The molecule has 3 N–H and O–H groups in total. The second kappa shape index (κ2) is 12.4. The minimum atomic E-state index is -0.773. The van der Waals surface area contributed by atoms with Crippen molar-refractivity contribution >= 4 is 46.2 Å². The van der Waals surface area contributed by atoms with Gasteiger partial charge >= 0.3 is 6.03 Å². The number of benzene rings is 3. The van der Waals surface area contributed by atoms with E-state index in [0.29, 0.717) is 28.1 Å². The highest BCUT2D eigenvalue weighted by Gasteiger charge is 2.19. The lowest BCUT2D eigenvalue weighted by Crippen LogP contribution is -2.34. The summed E-state index contributed by atoms with van der Waals surface area (Å²) in [4.78, 5) is 15.2. The van der Waals surface area contributed by atoms with E-state index in [1.165, 1.54) is 24.0 Å². The number of nitrogens with one attached hydrogen (secondary N) is 2. The number of halogens is 2. The molecule has 1 aliphatic rings. The summed E-state index contributed by atoms with van der Waals surface area (Å²) in [6.45, 7) is 0.309. The van der Waals surface area contributed by atoms with Gasteiger partial charge in [0, 0.05) is 27.8 Å². The van der Waals surface area contributed by atoms with E-state index < -0.39 is 6.10 Å². The molecule has 2 amide bonds. The van der Waals surface area contributed by atoms with Crippen LogP contribution in [0.2, 0.25) is 10.0 Å². The van der Waals surface area contributed by atoms with Crippen molar-refractivity contribution in [3.8, 4) is 0 Å². The quantitative estimate of drug-likeness (QED) is 0.215. The molecule has 1 aromatic heterocycles. The van der Waals surface area contributed by atoms with Crippen LogP contribution in [-0.4, -0.2) is 31.8 Å². The van der Waals surface area contributed by atoms with Crippen LogP contribution in [0.5, 0.6) is 0 Å². The molecular formula is C29H28Cl2N6O2. The number of nitrogens with zero attached hydrogens (tertiary/aromatic N) is 4. The number of carbonyl (C=O) groups is 1. The van der Waals surface area contributed by atoms with Crippen molar-refractivity contribution in [2.24, 2.45) is 0 Å². The Labute approximate surface area is 236 Å². The molecule has 0 spiro atoms. The molecule has 1 aliphatic carbocycles. The van der Waals surface area contributed by atoms with E-state index in [2.05, 4.69) is 44.1 Å². The second-order valence-electron chi connectivity index (χ2n) is 9.49. The van der Waals surface area contributed by atoms with E-state index >= 15 is 0 Å². The number of aliphatic hydroxyl groups excluding tert-OH is 1. The number of aromatic amines is 1. The Bertz CT molecular complexity index is 1420. The summed E-state index contributed by atoms with van der Waals surface area (Å²) in [6, 6.07) is 20.2. The standard InChI is InChI=1S/C29H28Cl2N6O2/c30-23-14-24(31)16-25(15-23)32-29(39)37(26-12-10-21(11-13-26)20-4-2-1-3-5-20)18-19-6-8-22(9-7-19)27(38)17-28-33-35-36-34-28/h4,6-16,27,38H,1-3,5,17-18H2,(H,32,39)(H,33,34,35,36). The minimum absolute atomic E-state index is 0.245. The van der Waals surface area contributed by atoms with Crippen molar-refractivity contribution in [2.75, 3.05) is 10.2 Å². The maximum atomic E-state index is 13.5. The summed E-state index contributed by atoms with van der Waals surface area (Å²) in [5, 5.41) is 28.0. The number of rotatable bonds is 8. The average Bonchev–Trinajstić information content (AvgIpc) is 3.45. The first-order chi connectivity index (χ1) is 18.9. The fraction of sp³-hybridized carbons (Fsp3) is 0.241. The normalized spacial score (nSPS) is 14.0. The fourth-order valence-electron chi connectivity index (χ4n) is 4.64. The third-order valence-electron chi connectivity index (χ3n) is 6.67. The number of aromatic nitrogens is 4. The van der Waals surface area contributed by atoms with Gasteiger partial charge in [0.25, 0.3) is 0 Å². The summed E-state index contributed by atoms with van der Waals surface area (Å²) in [6.07, 6.45) is 6.39. The van der Waals surface area contributed by atoms with Gasteiger partial charge in [-0.1, -0.05) is 70.9 Å². The monoisotopic (exact) mass is 562 g/mol. The molecule has 4 aromatic rings. The van der Waals surface area contributed by atoms with Crippen molar-refractivity contribution in [1.29, 1.82) is 0 Å². The highest BCUT2D eigenvalue weighted by Crippen LogP contribution is 2.30. The number of anilines is 2. The van der Waals surface area contributed by atoms with Gasteiger partial charge < -0.3 is 10.4 Å². The zero-order valence-corrected chi connectivity index (χ0v) is 22.7. The number of H-pyrrole nitrogens is 1. The number of urea groups is 1. The number of hydrogen-bond donors (Lipinski definition) is 3. The van der Waals surface area contributed by atoms with Gasteiger partial charge in [0.15, 0.2) is 5.82 Å². The molecule has 0 fully saturated rings. The first-order valence-corrected chi connectivity index (χ1v) is 13.5. The molecule has 8 nitrogen and oxygen atoms in total. The number of tetrazole rings is 1. The molecule has 1 atom stereocenters. The van der Waals surface area contributed by atoms with Crippen molar-refractivity contribution in [2.45, 2.75) is 44.8 Å². The van der Waals surface area contributed by atoms with Crippen LogP contribution in [-0.2, 0) is 13.0 Å². The van der Waals surface area contributed by atoms with E-state index in [9.17, 15) is 9.90 Å². The average molecular weight is 563 g/mol. The molecule has 200 valence electrons. The highest BCUT2D eigenvalue weighted by atomic mass is 35.5. The van der Waals surface area contributed by atoms with Crippen LogP contribution in [0.1, 0.15) is 54.3 Å². The Morgan fingerprint density at radius 3 is 2.41 bits per heavy atom. The first-order valence-electron chi connectivity index (χ1n) is 12.8. The summed E-state index contributed by atoms with van der Waals surface area (Å²) in [5.41, 5.74) is 5.41. The molecule has 0 aliphatic heterocycles. The van der Waals surface area contributed by atoms with Crippen molar-refractivity contribution in [3.05, 3.63) is 105 Å². The summed E-state index contributed by atoms with van der Waals surface area (Å²) in [7, 11) is 0. The Morgan fingerprint density at radius 1 is 1.03 bits per heavy atom. The molecule has 0 saturated heterocycles. The van der Waals surface area contributed by atoms with Gasteiger partial charge in [-0.2, -0.15) is 5.21 Å². The predicted octanol–water partition coefficient (Wildman–Crippen LogP) is 6.98. The third-order valence-corrected chi connectivity index (χ3v) is 7.11. The lowest BCUT2D eigenvalue weighted by atomic mass is 9.93. The molecular weight excluding hydrogens is 535 g/mol. The van der Waals surface area contributed by atoms with Crippen LogP contribution < -0.4 is 10.2 Å². The number of carbonyl (C=O) groups excluding carboxylic acids is 1. The molecule has 0 radical (unpaired) electrons. The Kier molecular flexibility index (Phi) is 8.56. The van der Waals surface area contributed by atoms with E-state index in [0.717, 1.165) is 29.7 Å². The van der Waals surface area contributed by atoms with E-state index in [-0.39, 0.29) is 12.5 Å². The first kappa shape index (κ1) is 26.9. The molecule has 0 saturated carbocycles. The van der Waals surface area contributed by atoms with Gasteiger partial charge in [0.05, 0.1) is 12.6 Å². The fourth-order valence-corrected chi connectivity index (χ4v) is 5.17. The van der Waals surface area contributed by atoms with Gasteiger partial charge in [0.1, 0.15) is 0 Å². The molecule has 1 unspecified atom stereocenters. The molecule has 39 heavy (non-hydrogen) atoms. The largest absolute Gasteiger partial charge is 0.388 e. The topological polar surface area (TPSA) is 107 Å². The Morgan fingerprint density at radius 2 is 1.77 bits per heavy atom. The molecule has 3 aromatic carbocycles. The number of hydrogen-bond acceptors (Lipinski definition) is 5.